The van der Waals surface area contributed by atoms with Gasteiger partial charge in [0.1, 0.15) is 0 Å². The van der Waals surface area contributed by atoms with E-state index in [9.17, 15) is 8.42 Å². The molecule has 0 atom stereocenters. The summed E-state index contributed by atoms with van der Waals surface area (Å²) in [7, 11) is -3.17. The number of nitrogens with one attached hydrogen (secondary N) is 1. The van der Waals surface area contributed by atoms with Crippen LogP contribution < -0.4 is 4.72 Å². The molecule has 0 aliphatic heterocycles. The third-order valence-electron chi connectivity index (χ3n) is 2.28. The van der Waals surface area contributed by atoms with E-state index in [-0.39, 0.29) is 0 Å². The number of allylic oxidation sites excluding steroid dienone is 2. The van der Waals surface area contributed by atoms with E-state index in [4.69, 9.17) is 0 Å². The van der Waals surface area contributed by atoms with Crippen molar-refractivity contribution >= 4 is 10.0 Å². The second-order valence-corrected chi connectivity index (χ2v) is 5.98. The van der Waals surface area contributed by atoms with Gasteiger partial charge in [0.05, 0.1) is 4.91 Å². The van der Waals surface area contributed by atoms with Gasteiger partial charge in [0, 0.05) is 6.54 Å². The standard InChI is InChI=1S/C10H19NO2S/c1-9(2)8-11-14(12,13)10-6-4-3-5-7-10/h6,9,11H,3-5,7-8H2,1-2H3. The van der Waals surface area contributed by atoms with Crippen molar-refractivity contribution in [1.82, 2.24) is 4.72 Å². The van der Waals surface area contributed by atoms with Gasteiger partial charge in [0.15, 0.2) is 0 Å². The van der Waals surface area contributed by atoms with Crippen molar-refractivity contribution in [3.05, 3.63) is 11.0 Å². The molecule has 0 fully saturated rings. The molecule has 1 N–H and O–H groups in total. The highest BCUT2D eigenvalue weighted by molar-refractivity contribution is 7.93. The Balaban J connectivity index is 2.60. The zero-order valence-electron chi connectivity index (χ0n) is 8.91. The Labute approximate surface area is 86.6 Å². The van der Waals surface area contributed by atoms with Gasteiger partial charge < -0.3 is 0 Å². The molecule has 0 saturated carbocycles. The smallest absolute Gasteiger partial charge is 0.211 e. The first-order valence-corrected chi connectivity index (χ1v) is 6.69. The second-order valence-electron chi connectivity index (χ2n) is 4.16. The predicted molar refractivity (Wildman–Crippen MR) is 58.3 cm³/mol. The molecule has 82 valence electrons. The van der Waals surface area contributed by atoms with Crippen LogP contribution in [0.25, 0.3) is 0 Å². The zero-order chi connectivity index (χ0) is 10.6. The Hall–Kier alpha value is -0.350. The van der Waals surface area contributed by atoms with Crippen molar-refractivity contribution in [3.8, 4) is 0 Å². The molecule has 0 amide bonds. The highest BCUT2D eigenvalue weighted by atomic mass is 32.2. The average molecular weight is 217 g/mol. The maximum absolute atomic E-state index is 11.7. The Morgan fingerprint density at radius 2 is 2.14 bits per heavy atom. The van der Waals surface area contributed by atoms with Gasteiger partial charge in [-0.2, -0.15) is 0 Å². The van der Waals surface area contributed by atoms with E-state index >= 15 is 0 Å². The molecule has 1 aliphatic carbocycles. The normalized spacial score (nSPS) is 18.4. The van der Waals surface area contributed by atoms with E-state index in [1.165, 1.54) is 0 Å². The summed E-state index contributed by atoms with van der Waals surface area (Å²) in [6.45, 7) is 4.52. The third-order valence-corrected chi connectivity index (χ3v) is 3.88. The van der Waals surface area contributed by atoms with Crippen molar-refractivity contribution in [2.75, 3.05) is 6.54 Å². The molecule has 0 unspecified atom stereocenters. The fourth-order valence-electron chi connectivity index (χ4n) is 1.42. The molecular weight excluding hydrogens is 198 g/mol. The first-order valence-electron chi connectivity index (χ1n) is 5.21. The van der Waals surface area contributed by atoms with Gasteiger partial charge in [-0.15, -0.1) is 0 Å². The second kappa shape index (κ2) is 4.94. The lowest BCUT2D eigenvalue weighted by molar-refractivity contribution is 0.560. The molecule has 3 nitrogen and oxygen atoms in total. The molecule has 0 aromatic heterocycles. The molecule has 14 heavy (non-hydrogen) atoms. The zero-order valence-corrected chi connectivity index (χ0v) is 9.73. The summed E-state index contributed by atoms with van der Waals surface area (Å²) in [4.78, 5) is 0.587. The van der Waals surface area contributed by atoms with E-state index in [1.54, 1.807) is 0 Å². The summed E-state index contributed by atoms with van der Waals surface area (Å²) in [5.74, 6) is 0.356. The number of rotatable bonds is 4. The van der Waals surface area contributed by atoms with Crippen molar-refractivity contribution in [1.29, 1.82) is 0 Å². The molecule has 0 heterocycles. The lowest BCUT2D eigenvalue weighted by Crippen LogP contribution is -2.29. The number of sulfonamides is 1. The lowest BCUT2D eigenvalue weighted by Gasteiger charge is -2.14. The largest absolute Gasteiger partial charge is 0.236 e. The minimum absolute atomic E-state index is 0.356. The van der Waals surface area contributed by atoms with Gasteiger partial charge in [0.25, 0.3) is 0 Å². The first kappa shape index (κ1) is 11.7. The molecule has 0 spiro atoms. The van der Waals surface area contributed by atoms with E-state index in [2.05, 4.69) is 4.72 Å². The monoisotopic (exact) mass is 217 g/mol. The van der Waals surface area contributed by atoms with Crippen molar-refractivity contribution in [3.63, 3.8) is 0 Å². The van der Waals surface area contributed by atoms with E-state index in [0.717, 1.165) is 19.3 Å². The SMILES string of the molecule is CC(C)CNS(=O)(=O)C1=CCCCC1. The number of hydrogen-bond acceptors (Lipinski definition) is 2. The molecule has 1 aliphatic rings. The van der Waals surface area contributed by atoms with Crippen LogP contribution >= 0.6 is 0 Å². The minimum atomic E-state index is -3.17. The van der Waals surface area contributed by atoms with Crippen LogP contribution in [0.1, 0.15) is 39.5 Å². The third kappa shape index (κ3) is 3.42. The minimum Gasteiger partial charge on any atom is -0.211 e. The van der Waals surface area contributed by atoms with Crippen LogP contribution in [0, 0.1) is 5.92 Å². The summed E-state index contributed by atoms with van der Waals surface area (Å²) in [5, 5.41) is 0. The Kier molecular flexibility index (Phi) is 4.13. The lowest BCUT2D eigenvalue weighted by atomic mass is 10.1. The summed E-state index contributed by atoms with van der Waals surface area (Å²) in [5.41, 5.74) is 0. The van der Waals surface area contributed by atoms with Gasteiger partial charge in [0.2, 0.25) is 10.0 Å². The molecule has 1 rings (SSSR count). The molecule has 0 saturated heterocycles. The van der Waals surface area contributed by atoms with E-state index < -0.39 is 10.0 Å². The van der Waals surface area contributed by atoms with Gasteiger partial charge in [-0.1, -0.05) is 19.9 Å². The van der Waals surface area contributed by atoms with E-state index in [1.807, 2.05) is 19.9 Å². The fraction of sp³-hybridized carbons (Fsp3) is 0.800. The molecule has 0 radical (unpaired) electrons. The summed E-state index contributed by atoms with van der Waals surface area (Å²) in [6, 6.07) is 0. The van der Waals surface area contributed by atoms with Crippen LogP contribution in [-0.4, -0.2) is 15.0 Å². The first-order chi connectivity index (χ1) is 6.52. The van der Waals surface area contributed by atoms with Crippen LogP contribution in [0.15, 0.2) is 11.0 Å². The van der Waals surface area contributed by atoms with Gasteiger partial charge in [-0.25, -0.2) is 13.1 Å². The Morgan fingerprint density at radius 1 is 1.43 bits per heavy atom. The molecule has 4 heteroatoms. The average Bonchev–Trinajstić information content (AvgIpc) is 2.16. The van der Waals surface area contributed by atoms with Gasteiger partial charge >= 0.3 is 0 Å². The van der Waals surface area contributed by atoms with E-state index in [0.29, 0.717) is 23.8 Å². The maximum atomic E-state index is 11.7. The predicted octanol–water partition coefficient (Wildman–Crippen LogP) is 2.02. The van der Waals surface area contributed by atoms with Gasteiger partial charge in [-0.3, -0.25) is 0 Å². The van der Waals surface area contributed by atoms with Crippen LogP contribution in [0.3, 0.4) is 0 Å². The highest BCUT2D eigenvalue weighted by Crippen LogP contribution is 2.21. The van der Waals surface area contributed by atoms with Crippen molar-refractivity contribution in [2.45, 2.75) is 39.5 Å². The van der Waals surface area contributed by atoms with Crippen molar-refractivity contribution in [2.24, 2.45) is 5.92 Å². The molecule has 0 aromatic carbocycles. The highest BCUT2D eigenvalue weighted by Gasteiger charge is 2.18. The van der Waals surface area contributed by atoms with Crippen LogP contribution in [0.2, 0.25) is 0 Å². The Bertz CT molecular complexity index is 304. The summed E-state index contributed by atoms with van der Waals surface area (Å²) in [6.07, 6.45) is 5.56. The quantitative estimate of drug-likeness (QED) is 0.783. The van der Waals surface area contributed by atoms with Crippen molar-refractivity contribution < 1.29 is 8.42 Å². The molecular formula is C10H19NO2S. The van der Waals surface area contributed by atoms with Crippen LogP contribution in [0.4, 0.5) is 0 Å². The number of hydrogen-bond donors (Lipinski definition) is 1. The summed E-state index contributed by atoms with van der Waals surface area (Å²) >= 11 is 0. The van der Waals surface area contributed by atoms with Gasteiger partial charge in [-0.05, 0) is 31.6 Å². The molecule has 0 bridgehead atoms. The fourth-order valence-corrected chi connectivity index (χ4v) is 2.91. The Morgan fingerprint density at radius 3 is 2.64 bits per heavy atom. The summed E-state index contributed by atoms with van der Waals surface area (Å²) < 4.78 is 26.1. The van der Waals surface area contributed by atoms with Crippen LogP contribution in [0.5, 0.6) is 0 Å². The van der Waals surface area contributed by atoms with Crippen LogP contribution in [-0.2, 0) is 10.0 Å². The molecule has 0 aromatic rings. The topological polar surface area (TPSA) is 46.2 Å². The maximum Gasteiger partial charge on any atom is 0.236 e.